The van der Waals surface area contributed by atoms with Crippen molar-refractivity contribution in [3.05, 3.63) is 42.1 Å². The van der Waals surface area contributed by atoms with Crippen molar-refractivity contribution >= 4 is 16.9 Å². The zero-order chi connectivity index (χ0) is 18.5. The van der Waals surface area contributed by atoms with Gasteiger partial charge in [-0.05, 0) is 25.0 Å². The van der Waals surface area contributed by atoms with Gasteiger partial charge in [0, 0.05) is 50.3 Å². The molecular formula is C21H29N5O. The van der Waals surface area contributed by atoms with E-state index in [0.717, 1.165) is 57.4 Å². The molecule has 1 unspecified atom stereocenters. The highest BCUT2D eigenvalue weighted by molar-refractivity contribution is 5.83. The highest BCUT2D eigenvalue weighted by Gasteiger charge is 2.30. The standard InChI is InChI=1S/C21H29N5O/c1-2-22-21(26-10-8-19(16-26)25-11-13-27-14-12-25)24-15-18-6-3-5-17-7-4-9-23-20(17)18/h3-7,9,19H,2,8,10-16H2,1H3,(H,22,24). The van der Waals surface area contributed by atoms with Crippen molar-refractivity contribution in [2.24, 2.45) is 4.99 Å². The molecule has 0 radical (unpaired) electrons. The summed E-state index contributed by atoms with van der Waals surface area (Å²) in [5.74, 6) is 1.01. The molecule has 6 heteroatoms. The van der Waals surface area contributed by atoms with Gasteiger partial charge < -0.3 is 15.0 Å². The highest BCUT2D eigenvalue weighted by Crippen LogP contribution is 2.19. The molecule has 0 amide bonds. The topological polar surface area (TPSA) is 53.0 Å². The lowest BCUT2D eigenvalue weighted by Crippen LogP contribution is -2.46. The van der Waals surface area contributed by atoms with Crippen LogP contribution in [0.5, 0.6) is 0 Å². The van der Waals surface area contributed by atoms with Gasteiger partial charge in [0.25, 0.3) is 0 Å². The Balaban J connectivity index is 1.47. The summed E-state index contributed by atoms with van der Waals surface area (Å²) in [7, 11) is 0. The van der Waals surface area contributed by atoms with Gasteiger partial charge in [-0.2, -0.15) is 0 Å². The summed E-state index contributed by atoms with van der Waals surface area (Å²) in [4.78, 5) is 14.5. The SMILES string of the molecule is CCNC(=NCc1cccc2cccnc12)N1CCC(N2CCOCC2)C1. The molecular weight excluding hydrogens is 338 g/mol. The molecule has 6 nitrogen and oxygen atoms in total. The van der Waals surface area contributed by atoms with Gasteiger partial charge in [-0.3, -0.25) is 9.88 Å². The fourth-order valence-electron chi connectivity index (χ4n) is 4.06. The summed E-state index contributed by atoms with van der Waals surface area (Å²) in [5, 5.41) is 4.65. The Bertz CT molecular complexity index is 782. The fraction of sp³-hybridized carbons (Fsp3) is 0.524. The van der Waals surface area contributed by atoms with Crippen LogP contribution >= 0.6 is 0 Å². The molecule has 0 spiro atoms. The lowest BCUT2D eigenvalue weighted by molar-refractivity contribution is 0.0195. The van der Waals surface area contributed by atoms with Crippen LogP contribution in [0.1, 0.15) is 18.9 Å². The Kier molecular flexibility index (Phi) is 5.84. The van der Waals surface area contributed by atoms with E-state index in [1.807, 2.05) is 12.3 Å². The first kappa shape index (κ1) is 18.2. The summed E-state index contributed by atoms with van der Waals surface area (Å²) >= 11 is 0. The van der Waals surface area contributed by atoms with Crippen LogP contribution in [0.3, 0.4) is 0 Å². The minimum Gasteiger partial charge on any atom is -0.379 e. The molecule has 0 saturated carbocycles. The first-order chi connectivity index (χ1) is 13.3. The Morgan fingerprint density at radius 3 is 2.93 bits per heavy atom. The van der Waals surface area contributed by atoms with Crippen LogP contribution in [0.2, 0.25) is 0 Å². The third-order valence-corrected chi connectivity index (χ3v) is 5.48. The number of benzene rings is 1. The second kappa shape index (κ2) is 8.67. The first-order valence-electron chi connectivity index (χ1n) is 10.0. The average molecular weight is 367 g/mol. The number of guanidine groups is 1. The Hall–Kier alpha value is -2.18. The van der Waals surface area contributed by atoms with Crippen LogP contribution in [0.4, 0.5) is 0 Å². The number of nitrogens with zero attached hydrogens (tertiary/aromatic N) is 4. The summed E-state index contributed by atoms with van der Waals surface area (Å²) in [6, 6.07) is 11.0. The number of hydrogen-bond donors (Lipinski definition) is 1. The smallest absolute Gasteiger partial charge is 0.194 e. The molecule has 1 aromatic heterocycles. The van der Waals surface area contributed by atoms with Crippen LogP contribution in [-0.4, -0.2) is 72.7 Å². The van der Waals surface area contributed by atoms with Gasteiger partial charge in [-0.25, -0.2) is 4.99 Å². The van der Waals surface area contributed by atoms with Gasteiger partial charge in [0.05, 0.1) is 25.3 Å². The Morgan fingerprint density at radius 2 is 2.07 bits per heavy atom. The van der Waals surface area contributed by atoms with Gasteiger partial charge in [-0.1, -0.05) is 24.3 Å². The van der Waals surface area contributed by atoms with Crippen LogP contribution in [0.15, 0.2) is 41.5 Å². The normalized spacial score (nSPS) is 21.7. The molecule has 2 saturated heterocycles. The van der Waals surface area contributed by atoms with Crippen molar-refractivity contribution in [3.8, 4) is 0 Å². The summed E-state index contributed by atoms with van der Waals surface area (Å²) in [6.45, 7) is 9.58. The van der Waals surface area contributed by atoms with Crippen LogP contribution in [-0.2, 0) is 11.3 Å². The zero-order valence-electron chi connectivity index (χ0n) is 16.1. The maximum atomic E-state index is 5.50. The highest BCUT2D eigenvalue weighted by atomic mass is 16.5. The third kappa shape index (κ3) is 4.22. The summed E-state index contributed by atoms with van der Waals surface area (Å²) in [5.41, 5.74) is 2.22. The van der Waals surface area contributed by atoms with E-state index in [-0.39, 0.29) is 0 Å². The second-order valence-electron chi connectivity index (χ2n) is 7.20. The number of morpholine rings is 1. The number of aliphatic imine (C=N–C) groups is 1. The van der Waals surface area contributed by atoms with E-state index >= 15 is 0 Å². The predicted molar refractivity (Wildman–Crippen MR) is 109 cm³/mol. The summed E-state index contributed by atoms with van der Waals surface area (Å²) < 4.78 is 5.50. The molecule has 27 heavy (non-hydrogen) atoms. The monoisotopic (exact) mass is 367 g/mol. The van der Waals surface area contributed by atoms with Crippen molar-refractivity contribution in [3.63, 3.8) is 0 Å². The van der Waals surface area contributed by atoms with E-state index in [0.29, 0.717) is 12.6 Å². The molecule has 0 aliphatic carbocycles. The van der Waals surface area contributed by atoms with Gasteiger partial charge in [-0.15, -0.1) is 0 Å². The van der Waals surface area contributed by atoms with Gasteiger partial charge in [0.15, 0.2) is 5.96 Å². The largest absolute Gasteiger partial charge is 0.379 e. The molecule has 4 rings (SSSR count). The maximum Gasteiger partial charge on any atom is 0.194 e. The van der Waals surface area contributed by atoms with Crippen molar-refractivity contribution < 1.29 is 4.74 Å². The van der Waals surface area contributed by atoms with Gasteiger partial charge >= 0.3 is 0 Å². The molecule has 1 N–H and O–H groups in total. The van der Waals surface area contributed by atoms with E-state index in [2.05, 4.69) is 51.3 Å². The second-order valence-corrected chi connectivity index (χ2v) is 7.20. The Labute approximate surface area is 161 Å². The van der Waals surface area contributed by atoms with Gasteiger partial charge in [0.1, 0.15) is 0 Å². The van der Waals surface area contributed by atoms with Crippen LogP contribution < -0.4 is 5.32 Å². The van der Waals surface area contributed by atoms with E-state index in [4.69, 9.17) is 9.73 Å². The molecule has 2 fully saturated rings. The zero-order valence-corrected chi connectivity index (χ0v) is 16.1. The maximum absolute atomic E-state index is 5.50. The molecule has 144 valence electrons. The lowest BCUT2D eigenvalue weighted by Gasteiger charge is -2.32. The number of aromatic nitrogens is 1. The number of ether oxygens (including phenoxy) is 1. The number of para-hydroxylation sites is 1. The van der Waals surface area contributed by atoms with Crippen molar-refractivity contribution in [2.75, 3.05) is 45.9 Å². The third-order valence-electron chi connectivity index (χ3n) is 5.48. The van der Waals surface area contributed by atoms with Crippen molar-refractivity contribution in [1.29, 1.82) is 0 Å². The lowest BCUT2D eigenvalue weighted by atomic mass is 10.1. The molecule has 2 aliphatic rings. The minimum absolute atomic E-state index is 0.608. The molecule has 1 atom stereocenters. The first-order valence-corrected chi connectivity index (χ1v) is 10.0. The number of pyridine rings is 1. The summed E-state index contributed by atoms with van der Waals surface area (Å²) in [6.07, 6.45) is 3.05. The molecule has 3 heterocycles. The van der Waals surface area contributed by atoms with Crippen molar-refractivity contribution in [1.82, 2.24) is 20.1 Å². The van der Waals surface area contributed by atoms with Gasteiger partial charge in [0.2, 0.25) is 0 Å². The number of likely N-dealkylation sites (tertiary alicyclic amines) is 1. The number of nitrogens with one attached hydrogen (secondary N) is 1. The van der Waals surface area contributed by atoms with Crippen LogP contribution in [0.25, 0.3) is 10.9 Å². The predicted octanol–water partition coefficient (Wildman–Crippen LogP) is 2.11. The molecule has 0 bridgehead atoms. The number of hydrogen-bond acceptors (Lipinski definition) is 4. The fourth-order valence-corrected chi connectivity index (χ4v) is 4.06. The molecule has 2 aliphatic heterocycles. The quantitative estimate of drug-likeness (QED) is 0.663. The van der Waals surface area contributed by atoms with Crippen molar-refractivity contribution in [2.45, 2.75) is 25.9 Å². The molecule has 1 aromatic carbocycles. The van der Waals surface area contributed by atoms with E-state index in [1.54, 1.807) is 0 Å². The molecule has 2 aromatic rings. The van der Waals surface area contributed by atoms with E-state index < -0.39 is 0 Å². The minimum atomic E-state index is 0.608. The van der Waals surface area contributed by atoms with E-state index in [1.165, 1.54) is 17.4 Å². The average Bonchev–Trinajstić information content (AvgIpc) is 3.22. The Morgan fingerprint density at radius 1 is 1.22 bits per heavy atom. The van der Waals surface area contributed by atoms with E-state index in [9.17, 15) is 0 Å². The number of rotatable bonds is 4. The number of fused-ring (bicyclic) bond motifs is 1. The van der Waals surface area contributed by atoms with Crippen LogP contribution in [0, 0.1) is 0 Å².